The number of nitrogens with one attached hydrogen (secondary N) is 2. The normalized spacial score (nSPS) is 19.3. The van der Waals surface area contributed by atoms with E-state index < -0.39 is 21.7 Å². The quantitative estimate of drug-likeness (QED) is 0.813. The topological polar surface area (TPSA) is 105 Å². The van der Waals surface area contributed by atoms with Gasteiger partial charge in [0.1, 0.15) is 5.58 Å². The third kappa shape index (κ3) is 3.43. The largest absolute Gasteiger partial charge is 0.451 e. The first-order valence-corrected chi connectivity index (χ1v) is 9.45. The minimum atomic E-state index is -3.02. The minimum absolute atomic E-state index is 0.0248. The van der Waals surface area contributed by atoms with Crippen molar-refractivity contribution in [2.45, 2.75) is 19.8 Å². The zero-order valence-electron chi connectivity index (χ0n) is 13.2. The summed E-state index contributed by atoms with van der Waals surface area (Å²) in [4.78, 5) is 24.0. The molecule has 1 aliphatic heterocycles. The second-order valence-corrected chi connectivity index (χ2v) is 8.26. The summed E-state index contributed by atoms with van der Waals surface area (Å²) in [5.41, 5.74) is 5.92. The maximum Gasteiger partial charge on any atom is 0.305 e. The Morgan fingerprint density at radius 1 is 1.25 bits per heavy atom. The van der Waals surface area contributed by atoms with E-state index >= 15 is 0 Å². The van der Waals surface area contributed by atoms with E-state index in [2.05, 4.69) is 10.9 Å². The van der Waals surface area contributed by atoms with Gasteiger partial charge in [-0.15, -0.1) is 0 Å². The Hall–Kier alpha value is -2.35. The van der Waals surface area contributed by atoms with Gasteiger partial charge in [0.25, 0.3) is 0 Å². The lowest BCUT2D eigenvalue weighted by Crippen LogP contribution is -2.42. The van der Waals surface area contributed by atoms with Crippen molar-refractivity contribution < 1.29 is 22.4 Å². The molecular formula is C16H18N2O5S. The van der Waals surface area contributed by atoms with E-state index in [0.29, 0.717) is 17.6 Å². The number of rotatable bonds is 3. The highest BCUT2D eigenvalue weighted by atomic mass is 32.2. The molecule has 2 N–H and O–H groups in total. The molecule has 1 aromatic carbocycles. The molecular weight excluding hydrogens is 332 g/mol. The molecule has 0 aliphatic carbocycles. The lowest BCUT2D eigenvalue weighted by Gasteiger charge is -2.09. The van der Waals surface area contributed by atoms with Crippen LogP contribution in [0.15, 0.2) is 28.7 Å². The second-order valence-electron chi connectivity index (χ2n) is 6.03. The molecule has 3 rings (SSSR count). The number of aryl methyl sites for hydroxylation is 1. The van der Waals surface area contributed by atoms with Crippen LogP contribution in [0.2, 0.25) is 0 Å². The molecule has 0 unspecified atom stereocenters. The van der Waals surface area contributed by atoms with E-state index in [0.717, 1.165) is 5.39 Å². The maximum absolute atomic E-state index is 12.2. The molecule has 0 spiro atoms. The van der Waals surface area contributed by atoms with E-state index in [9.17, 15) is 18.0 Å². The molecule has 2 aromatic rings. The predicted molar refractivity (Wildman–Crippen MR) is 87.9 cm³/mol. The van der Waals surface area contributed by atoms with Gasteiger partial charge in [0.2, 0.25) is 5.91 Å². The summed E-state index contributed by atoms with van der Waals surface area (Å²) in [5, 5.41) is 0.838. The fraction of sp³-hybridized carbons (Fsp3) is 0.375. The SMILES string of the molecule is Cc1c(C(=O)NNC(=O)C[C@H]2CCS(=O)(=O)C2)oc2ccccc12. The summed E-state index contributed by atoms with van der Waals surface area (Å²) in [7, 11) is -3.02. The number of sulfone groups is 1. The number of hydrogen-bond donors (Lipinski definition) is 2. The molecule has 24 heavy (non-hydrogen) atoms. The molecule has 8 heteroatoms. The highest BCUT2D eigenvalue weighted by molar-refractivity contribution is 7.91. The highest BCUT2D eigenvalue weighted by Gasteiger charge is 2.29. The van der Waals surface area contributed by atoms with E-state index in [1.54, 1.807) is 13.0 Å². The molecule has 128 valence electrons. The summed E-state index contributed by atoms with van der Waals surface area (Å²) in [6.07, 6.45) is 0.547. The fourth-order valence-corrected chi connectivity index (χ4v) is 4.78. The van der Waals surface area contributed by atoms with Crippen LogP contribution in [0.5, 0.6) is 0 Å². The molecule has 1 aromatic heterocycles. The zero-order valence-corrected chi connectivity index (χ0v) is 14.0. The van der Waals surface area contributed by atoms with Crippen molar-refractivity contribution in [2.24, 2.45) is 5.92 Å². The van der Waals surface area contributed by atoms with Gasteiger partial charge >= 0.3 is 5.91 Å². The number of amides is 2. The van der Waals surface area contributed by atoms with Crippen molar-refractivity contribution in [1.82, 2.24) is 10.9 Å². The summed E-state index contributed by atoms with van der Waals surface area (Å²) in [6, 6.07) is 7.27. The van der Waals surface area contributed by atoms with Gasteiger partial charge in [-0.25, -0.2) is 8.42 Å². The lowest BCUT2D eigenvalue weighted by atomic mass is 10.1. The van der Waals surface area contributed by atoms with Gasteiger partial charge in [-0.3, -0.25) is 20.4 Å². The van der Waals surface area contributed by atoms with Gasteiger partial charge in [-0.1, -0.05) is 18.2 Å². The maximum atomic E-state index is 12.2. The Morgan fingerprint density at radius 3 is 2.67 bits per heavy atom. The molecule has 0 radical (unpaired) electrons. The van der Waals surface area contributed by atoms with Gasteiger partial charge in [-0.2, -0.15) is 0 Å². The number of hydrogen-bond acceptors (Lipinski definition) is 5. The van der Waals surface area contributed by atoms with E-state index in [4.69, 9.17) is 4.42 Å². The van der Waals surface area contributed by atoms with Crippen molar-refractivity contribution in [3.63, 3.8) is 0 Å². The van der Waals surface area contributed by atoms with Crippen LogP contribution >= 0.6 is 0 Å². The smallest absolute Gasteiger partial charge is 0.305 e. The van der Waals surface area contributed by atoms with Crippen LogP contribution in [-0.2, 0) is 14.6 Å². The average Bonchev–Trinajstić information content (AvgIpc) is 3.05. The summed E-state index contributed by atoms with van der Waals surface area (Å²) < 4.78 is 28.3. The van der Waals surface area contributed by atoms with Gasteiger partial charge in [-0.05, 0) is 25.3 Å². The number of para-hydroxylation sites is 1. The molecule has 0 bridgehead atoms. The van der Waals surface area contributed by atoms with Crippen LogP contribution in [-0.4, -0.2) is 31.7 Å². The number of fused-ring (bicyclic) bond motifs is 1. The van der Waals surface area contributed by atoms with E-state index in [-0.39, 0.29) is 29.6 Å². The Morgan fingerprint density at radius 2 is 2.00 bits per heavy atom. The Bertz CT molecular complexity index is 900. The summed E-state index contributed by atoms with van der Waals surface area (Å²) in [5.74, 6) is -0.873. The van der Waals surface area contributed by atoms with Crippen molar-refractivity contribution in [3.8, 4) is 0 Å². The van der Waals surface area contributed by atoms with Crippen LogP contribution in [0.25, 0.3) is 11.0 Å². The molecule has 1 fully saturated rings. The highest BCUT2D eigenvalue weighted by Crippen LogP contribution is 2.24. The Labute approximate surface area is 139 Å². The van der Waals surface area contributed by atoms with Crippen LogP contribution in [0.3, 0.4) is 0 Å². The van der Waals surface area contributed by atoms with Crippen molar-refractivity contribution in [1.29, 1.82) is 0 Å². The Balaban J connectivity index is 1.58. The van der Waals surface area contributed by atoms with Crippen LogP contribution < -0.4 is 10.9 Å². The Kier molecular flexibility index (Phi) is 4.31. The third-order valence-electron chi connectivity index (χ3n) is 4.17. The minimum Gasteiger partial charge on any atom is -0.451 e. The molecule has 1 saturated heterocycles. The number of carbonyl (C=O) groups is 2. The number of benzene rings is 1. The first-order valence-electron chi connectivity index (χ1n) is 7.63. The molecule has 7 nitrogen and oxygen atoms in total. The molecule has 1 atom stereocenters. The van der Waals surface area contributed by atoms with Crippen LogP contribution in [0.1, 0.15) is 29.0 Å². The van der Waals surface area contributed by atoms with Gasteiger partial charge < -0.3 is 4.42 Å². The van der Waals surface area contributed by atoms with Gasteiger partial charge in [0.05, 0.1) is 11.5 Å². The van der Waals surface area contributed by atoms with E-state index in [1.165, 1.54) is 0 Å². The first kappa shape index (κ1) is 16.5. The van der Waals surface area contributed by atoms with Crippen molar-refractivity contribution in [2.75, 3.05) is 11.5 Å². The molecule has 0 saturated carbocycles. The second kappa shape index (κ2) is 6.27. The summed E-state index contributed by atoms with van der Waals surface area (Å²) in [6.45, 7) is 1.77. The standard InChI is InChI=1S/C16H18N2O5S/c1-10-12-4-2-3-5-13(12)23-15(10)16(20)18-17-14(19)8-11-6-7-24(21,22)9-11/h2-5,11H,6-9H2,1H3,(H,17,19)(H,18,20)/t11-/m1/s1. The average molecular weight is 350 g/mol. The van der Waals surface area contributed by atoms with Crippen LogP contribution in [0.4, 0.5) is 0 Å². The third-order valence-corrected chi connectivity index (χ3v) is 6.00. The fourth-order valence-electron chi connectivity index (χ4n) is 2.92. The summed E-state index contributed by atoms with van der Waals surface area (Å²) >= 11 is 0. The molecule has 2 amide bonds. The van der Waals surface area contributed by atoms with E-state index in [1.807, 2.05) is 18.2 Å². The molecule has 2 heterocycles. The number of furan rings is 1. The van der Waals surface area contributed by atoms with Crippen molar-refractivity contribution >= 4 is 32.6 Å². The first-order chi connectivity index (χ1) is 11.4. The van der Waals surface area contributed by atoms with Crippen LogP contribution in [0, 0.1) is 12.8 Å². The lowest BCUT2D eigenvalue weighted by molar-refractivity contribution is -0.122. The van der Waals surface area contributed by atoms with Gasteiger partial charge in [0, 0.05) is 17.4 Å². The monoisotopic (exact) mass is 350 g/mol. The van der Waals surface area contributed by atoms with Gasteiger partial charge in [0.15, 0.2) is 15.6 Å². The predicted octanol–water partition coefficient (Wildman–Crippen LogP) is 1.33. The number of hydrazine groups is 1. The zero-order chi connectivity index (χ0) is 17.3. The van der Waals surface area contributed by atoms with Crippen molar-refractivity contribution in [3.05, 3.63) is 35.6 Å². The molecule has 1 aliphatic rings. The number of carbonyl (C=O) groups excluding carboxylic acids is 2.